The molecule has 0 radical (unpaired) electrons. The maximum atomic E-state index is 12.2. The third kappa shape index (κ3) is 4.19. The van der Waals surface area contributed by atoms with E-state index in [1.807, 2.05) is 0 Å². The molecular weight excluding hydrogens is 348 g/mol. The summed E-state index contributed by atoms with van der Waals surface area (Å²) in [6.07, 6.45) is 0.353. The van der Waals surface area contributed by atoms with E-state index in [1.165, 1.54) is 6.07 Å². The molecule has 6 heteroatoms. The first-order valence-electron chi connectivity index (χ1n) is 7.95. The molecule has 27 heavy (non-hydrogen) atoms. The first-order chi connectivity index (χ1) is 13.1. The summed E-state index contributed by atoms with van der Waals surface area (Å²) in [6.45, 7) is 0. The number of phenols is 1. The maximum Gasteiger partial charge on any atom is 0.343 e. The van der Waals surface area contributed by atoms with E-state index in [1.54, 1.807) is 60.7 Å². The lowest BCUT2D eigenvalue weighted by molar-refractivity contribution is 0.0732. The van der Waals surface area contributed by atoms with Gasteiger partial charge in [0.1, 0.15) is 17.2 Å². The molecular formula is C21H14O6. The van der Waals surface area contributed by atoms with Crippen molar-refractivity contribution >= 4 is 18.2 Å². The van der Waals surface area contributed by atoms with Crippen LogP contribution in [0.3, 0.4) is 0 Å². The molecule has 134 valence electrons. The van der Waals surface area contributed by atoms with E-state index in [9.17, 15) is 19.5 Å². The van der Waals surface area contributed by atoms with Crippen LogP contribution in [0, 0.1) is 0 Å². The van der Waals surface area contributed by atoms with Crippen molar-refractivity contribution < 1.29 is 29.0 Å². The second-order valence-corrected chi connectivity index (χ2v) is 5.48. The average molecular weight is 362 g/mol. The number of hydrogen-bond acceptors (Lipinski definition) is 6. The quantitative estimate of drug-likeness (QED) is 0.423. The van der Waals surface area contributed by atoms with Gasteiger partial charge in [-0.25, -0.2) is 9.59 Å². The molecule has 0 saturated carbocycles. The molecule has 1 N–H and O–H groups in total. The van der Waals surface area contributed by atoms with Crippen LogP contribution in [0.1, 0.15) is 31.1 Å². The Morgan fingerprint density at radius 2 is 1.30 bits per heavy atom. The van der Waals surface area contributed by atoms with Gasteiger partial charge in [0.25, 0.3) is 0 Å². The molecule has 0 spiro atoms. The zero-order valence-electron chi connectivity index (χ0n) is 14.0. The Balaban J connectivity index is 1.88. The number of carbonyl (C=O) groups is 3. The highest BCUT2D eigenvalue weighted by Gasteiger charge is 2.18. The molecule has 0 saturated heterocycles. The lowest BCUT2D eigenvalue weighted by Crippen LogP contribution is -2.11. The van der Waals surface area contributed by atoms with E-state index in [0.29, 0.717) is 11.8 Å². The lowest BCUT2D eigenvalue weighted by atomic mass is 10.1. The van der Waals surface area contributed by atoms with Crippen molar-refractivity contribution in [3.63, 3.8) is 0 Å². The van der Waals surface area contributed by atoms with Crippen LogP contribution >= 0.6 is 0 Å². The Hall–Kier alpha value is -3.93. The van der Waals surface area contributed by atoms with Crippen LogP contribution in [-0.4, -0.2) is 23.3 Å². The second-order valence-electron chi connectivity index (χ2n) is 5.48. The van der Waals surface area contributed by atoms with Crippen molar-refractivity contribution in [3.8, 4) is 17.2 Å². The van der Waals surface area contributed by atoms with Crippen molar-refractivity contribution in [1.29, 1.82) is 0 Å². The normalized spacial score (nSPS) is 10.1. The third-order valence-electron chi connectivity index (χ3n) is 3.64. The number of carbonyl (C=O) groups excluding carboxylic acids is 3. The fourth-order valence-electron chi connectivity index (χ4n) is 2.32. The molecule has 3 aromatic carbocycles. The van der Waals surface area contributed by atoms with E-state index in [4.69, 9.17) is 9.47 Å². The van der Waals surface area contributed by atoms with E-state index < -0.39 is 17.7 Å². The van der Waals surface area contributed by atoms with Crippen molar-refractivity contribution in [3.05, 3.63) is 89.5 Å². The summed E-state index contributed by atoms with van der Waals surface area (Å²) >= 11 is 0. The predicted molar refractivity (Wildman–Crippen MR) is 96.3 cm³/mol. The van der Waals surface area contributed by atoms with Gasteiger partial charge in [0.15, 0.2) is 6.29 Å². The minimum atomic E-state index is -0.718. The summed E-state index contributed by atoms with van der Waals surface area (Å²) < 4.78 is 10.4. The van der Waals surface area contributed by atoms with Crippen LogP contribution in [0.15, 0.2) is 72.8 Å². The van der Waals surface area contributed by atoms with Gasteiger partial charge < -0.3 is 14.6 Å². The fraction of sp³-hybridized carbons (Fsp3) is 0. The molecule has 0 aliphatic rings. The Kier molecular flexibility index (Phi) is 5.28. The zero-order valence-corrected chi connectivity index (χ0v) is 14.0. The smallest absolute Gasteiger partial charge is 0.343 e. The first kappa shape index (κ1) is 17.9. The summed E-state index contributed by atoms with van der Waals surface area (Å²) in [6, 6.07) is 18.7. The van der Waals surface area contributed by atoms with Crippen LogP contribution in [0.2, 0.25) is 0 Å². The van der Waals surface area contributed by atoms with Crippen molar-refractivity contribution in [2.75, 3.05) is 0 Å². The minimum absolute atomic E-state index is 0.0668. The largest absolute Gasteiger partial charge is 0.507 e. The number of esters is 2. The van der Waals surface area contributed by atoms with Gasteiger partial charge >= 0.3 is 11.9 Å². The molecule has 0 heterocycles. The number of ether oxygens (including phenoxy) is 2. The molecule has 0 fully saturated rings. The topological polar surface area (TPSA) is 89.9 Å². The Bertz CT molecular complexity index is 980. The summed E-state index contributed by atoms with van der Waals surface area (Å²) in [7, 11) is 0. The Labute approximate surface area is 154 Å². The number of hydrogen-bond donors (Lipinski definition) is 1. The second kappa shape index (κ2) is 7.97. The predicted octanol–water partition coefficient (Wildman–Crippen LogP) is 3.64. The Morgan fingerprint density at radius 1 is 0.778 bits per heavy atom. The first-order valence-corrected chi connectivity index (χ1v) is 7.95. The summed E-state index contributed by atoms with van der Waals surface area (Å²) in [5, 5.41) is 10.0. The van der Waals surface area contributed by atoms with E-state index in [0.717, 1.165) is 6.07 Å². The van der Waals surface area contributed by atoms with E-state index in [2.05, 4.69) is 0 Å². The van der Waals surface area contributed by atoms with Gasteiger partial charge in [-0.3, -0.25) is 4.79 Å². The fourth-order valence-corrected chi connectivity index (χ4v) is 2.32. The standard InChI is InChI=1S/C21H14O6/c22-13-17-18(23)11-16(26-20(24)14-7-3-1-4-8-14)12-19(17)27-21(25)15-9-5-2-6-10-15/h1-13,23H. The lowest BCUT2D eigenvalue weighted by Gasteiger charge is -2.11. The molecule has 0 atom stereocenters. The number of aromatic hydroxyl groups is 1. The minimum Gasteiger partial charge on any atom is -0.507 e. The SMILES string of the molecule is O=Cc1c(O)cc(OC(=O)c2ccccc2)cc1OC(=O)c1ccccc1. The highest BCUT2D eigenvalue weighted by molar-refractivity contribution is 5.94. The number of rotatable bonds is 5. The molecule has 0 aliphatic carbocycles. The highest BCUT2D eigenvalue weighted by Crippen LogP contribution is 2.33. The van der Waals surface area contributed by atoms with Gasteiger partial charge in [-0.15, -0.1) is 0 Å². The van der Waals surface area contributed by atoms with Crippen molar-refractivity contribution in [2.24, 2.45) is 0 Å². The molecule has 3 aromatic rings. The van der Waals surface area contributed by atoms with Gasteiger partial charge in [-0.1, -0.05) is 36.4 Å². The molecule has 0 bridgehead atoms. The summed E-state index contributed by atoms with van der Waals surface area (Å²) in [5.41, 5.74) is 0.346. The van der Waals surface area contributed by atoms with E-state index in [-0.39, 0.29) is 22.6 Å². The molecule has 0 aliphatic heterocycles. The van der Waals surface area contributed by atoms with Gasteiger partial charge in [0, 0.05) is 12.1 Å². The maximum absolute atomic E-state index is 12.2. The van der Waals surface area contributed by atoms with Gasteiger partial charge in [-0.05, 0) is 24.3 Å². The summed E-state index contributed by atoms with van der Waals surface area (Å²) in [5.74, 6) is -2.13. The zero-order chi connectivity index (χ0) is 19.2. The molecule has 3 rings (SSSR count). The third-order valence-corrected chi connectivity index (χ3v) is 3.64. The number of phenolic OH excluding ortho intramolecular Hbond substituents is 1. The average Bonchev–Trinajstić information content (AvgIpc) is 2.69. The highest BCUT2D eigenvalue weighted by atomic mass is 16.5. The van der Waals surface area contributed by atoms with Gasteiger partial charge in [0.2, 0.25) is 0 Å². The molecule has 0 aromatic heterocycles. The van der Waals surface area contributed by atoms with Crippen molar-refractivity contribution in [2.45, 2.75) is 0 Å². The molecule has 0 unspecified atom stereocenters. The Morgan fingerprint density at radius 3 is 1.81 bits per heavy atom. The van der Waals surface area contributed by atoms with Crippen LogP contribution in [0.5, 0.6) is 17.2 Å². The summed E-state index contributed by atoms with van der Waals surface area (Å²) in [4.78, 5) is 35.6. The van der Waals surface area contributed by atoms with Crippen LogP contribution in [0.25, 0.3) is 0 Å². The monoisotopic (exact) mass is 362 g/mol. The van der Waals surface area contributed by atoms with Gasteiger partial charge in [0.05, 0.1) is 16.7 Å². The number of aldehydes is 1. The van der Waals surface area contributed by atoms with E-state index >= 15 is 0 Å². The molecule has 6 nitrogen and oxygen atoms in total. The number of benzene rings is 3. The molecule has 0 amide bonds. The van der Waals surface area contributed by atoms with Crippen LogP contribution in [-0.2, 0) is 0 Å². The van der Waals surface area contributed by atoms with Crippen LogP contribution < -0.4 is 9.47 Å². The van der Waals surface area contributed by atoms with Gasteiger partial charge in [-0.2, -0.15) is 0 Å². The van der Waals surface area contributed by atoms with Crippen molar-refractivity contribution in [1.82, 2.24) is 0 Å². The van der Waals surface area contributed by atoms with Crippen LogP contribution in [0.4, 0.5) is 0 Å².